The Morgan fingerprint density at radius 1 is 0.896 bits per heavy atom. The molecule has 0 aliphatic heterocycles. The smallest absolute Gasteiger partial charge is 0.243 e. The second kappa shape index (κ2) is 17.7. The lowest BCUT2D eigenvalue weighted by molar-refractivity contribution is -0.146. The Labute approximate surface area is 285 Å². The minimum atomic E-state index is -1.09. The summed E-state index contributed by atoms with van der Waals surface area (Å²) in [7, 11) is 3.93. The monoisotopic (exact) mass is 664 g/mol. The molecule has 0 heterocycles. The lowest BCUT2D eigenvalue weighted by Gasteiger charge is -2.35. The van der Waals surface area contributed by atoms with Crippen molar-refractivity contribution in [2.24, 2.45) is 34.0 Å². The van der Waals surface area contributed by atoms with Crippen LogP contribution in [0, 0.1) is 11.8 Å². The summed E-state index contributed by atoms with van der Waals surface area (Å²) < 4.78 is 0. The van der Waals surface area contributed by atoms with Gasteiger partial charge in [-0.3, -0.25) is 24.2 Å². The second-order valence-corrected chi connectivity index (χ2v) is 13.7. The van der Waals surface area contributed by atoms with Gasteiger partial charge in [0, 0.05) is 43.8 Å². The Kier molecular flexibility index (Phi) is 14.1. The molecule has 1 fully saturated rings. The molecule has 0 spiro atoms. The fourth-order valence-corrected chi connectivity index (χ4v) is 6.82. The van der Waals surface area contributed by atoms with Gasteiger partial charge in [0.05, 0.1) is 0 Å². The van der Waals surface area contributed by atoms with Gasteiger partial charge in [0.25, 0.3) is 0 Å². The first kappa shape index (κ1) is 38.1. The quantitative estimate of drug-likeness (QED) is 0.0789. The van der Waals surface area contributed by atoms with Crippen LogP contribution in [0.2, 0.25) is 0 Å². The van der Waals surface area contributed by atoms with Crippen LogP contribution in [0.25, 0.3) is 10.8 Å². The van der Waals surface area contributed by atoms with Crippen LogP contribution >= 0.6 is 0 Å². The molecule has 1 aliphatic rings. The van der Waals surface area contributed by atoms with Crippen LogP contribution in [0.15, 0.2) is 41.4 Å². The Morgan fingerprint density at radius 3 is 2.12 bits per heavy atom. The number of benzene rings is 2. The molecule has 3 atom stereocenters. The highest BCUT2D eigenvalue weighted by atomic mass is 16.2. The Hall–Kier alpha value is -4.35. The molecule has 12 heteroatoms. The van der Waals surface area contributed by atoms with Gasteiger partial charge in [0.15, 0.2) is 5.96 Å². The number of nitrogens with two attached hydrogens (primary N) is 3. The molecule has 1 saturated carbocycles. The number of primary amides is 1. The molecular weight excluding hydrogens is 608 g/mol. The predicted octanol–water partition coefficient (Wildman–Crippen LogP) is 2.80. The lowest BCUT2D eigenvalue weighted by atomic mass is 9.83. The van der Waals surface area contributed by atoms with E-state index < -0.39 is 35.7 Å². The van der Waals surface area contributed by atoms with Crippen LogP contribution < -0.4 is 32.7 Å². The minimum Gasteiger partial charge on any atom is -0.377 e. The standard InChI is InChI=1S/C36H56N8O4/c1-22(2)44(23(3)4)35(48)28(20-24-19-26-15-10-11-16-27(26)30(21-24)43(5)6)33(46)42-31(25-13-8-7-9-14-25)34(47)41-29(32(37)45)17-12-18-40-36(38)39/h10-11,15-16,19,21-23,25,28-29,31H,7-9,12-14,17-18,20H2,1-6H3,(H2,37,45)(H,41,47)(H,42,46)(H4,38,39,40)/t28?,29-,31-/m0/s1. The van der Waals surface area contributed by atoms with Crippen molar-refractivity contribution in [2.75, 3.05) is 25.5 Å². The molecule has 12 nitrogen and oxygen atoms in total. The van der Waals surface area contributed by atoms with Crippen molar-refractivity contribution in [3.8, 4) is 0 Å². The fraction of sp³-hybridized carbons (Fsp3) is 0.583. The van der Waals surface area contributed by atoms with Gasteiger partial charge in [-0.05, 0) is 82.7 Å². The Bertz CT molecular complexity index is 1440. The third kappa shape index (κ3) is 10.3. The van der Waals surface area contributed by atoms with Crippen molar-refractivity contribution in [2.45, 2.75) is 103 Å². The predicted molar refractivity (Wildman–Crippen MR) is 192 cm³/mol. The summed E-state index contributed by atoms with van der Waals surface area (Å²) in [5.41, 5.74) is 18.3. The number of nitrogens with one attached hydrogen (secondary N) is 2. The largest absolute Gasteiger partial charge is 0.377 e. The third-order valence-corrected chi connectivity index (χ3v) is 9.11. The van der Waals surface area contributed by atoms with E-state index in [0.717, 1.165) is 54.1 Å². The molecule has 0 radical (unpaired) electrons. The van der Waals surface area contributed by atoms with Crippen molar-refractivity contribution in [1.82, 2.24) is 15.5 Å². The van der Waals surface area contributed by atoms with Gasteiger partial charge in [-0.15, -0.1) is 0 Å². The number of fused-ring (bicyclic) bond motifs is 1. The first-order chi connectivity index (χ1) is 22.7. The molecule has 2 aromatic rings. The number of carbonyl (C=O) groups excluding carboxylic acids is 4. The fourth-order valence-electron chi connectivity index (χ4n) is 6.82. The van der Waals surface area contributed by atoms with Crippen LogP contribution in [-0.2, 0) is 25.6 Å². The molecule has 2 aromatic carbocycles. The summed E-state index contributed by atoms with van der Waals surface area (Å²) in [6.07, 6.45) is 5.17. The molecule has 0 aromatic heterocycles. The van der Waals surface area contributed by atoms with E-state index in [-0.39, 0.29) is 49.3 Å². The minimum absolute atomic E-state index is 0.0611. The van der Waals surface area contributed by atoms with Gasteiger partial charge in [0.2, 0.25) is 23.6 Å². The topological polar surface area (TPSA) is 189 Å². The average molecular weight is 665 g/mol. The SMILES string of the molecule is CC(C)N(C(=O)C(Cc1cc(N(C)C)c2ccccc2c1)C(=O)N[C@H](C(=O)N[C@@H](CCCN=C(N)N)C(N)=O)C1CCCCC1)C(C)C. The van der Waals surface area contributed by atoms with Crippen LogP contribution in [0.1, 0.15) is 78.2 Å². The molecular formula is C36H56N8O4. The highest BCUT2D eigenvalue weighted by Gasteiger charge is 2.38. The van der Waals surface area contributed by atoms with Crippen LogP contribution in [0.4, 0.5) is 5.69 Å². The number of carbonyl (C=O) groups is 4. The van der Waals surface area contributed by atoms with Gasteiger partial charge in [-0.1, -0.05) is 49.6 Å². The van der Waals surface area contributed by atoms with E-state index in [1.54, 1.807) is 4.90 Å². The van der Waals surface area contributed by atoms with Crippen LogP contribution in [0.3, 0.4) is 0 Å². The summed E-state index contributed by atoms with van der Waals surface area (Å²) in [4.78, 5) is 62.6. The van der Waals surface area contributed by atoms with Crippen molar-refractivity contribution >= 4 is 46.0 Å². The molecule has 264 valence electrons. The average Bonchev–Trinajstić information content (AvgIpc) is 3.02. The summed E-state index contributed by atoms with van der Waals surface area (Å²) in [6, 6.07) is 9.88. The van der Waals surface area contributed by atoms with Crippen molar-refractivity contribution in [1.29, 1.82) is 0 Å². The molecule has 0 saturated heterocycles. The number of hydrogen-bond donors (Lipinski definition) is 5. The van der Waals surface area contributed by atoms with Gasteiger partial charge in [0.1, 0.15) is 18.0 Å². The van der Waals surface area contributed by atoms with E-state index in [1.165, 1.54) is 0 Å². The number of hydrogen-bond acceptors (Lipinski definition) is 6. The zero-order chi connectivity index (χ0) is 35.5. The van der Waals surface area contributed by atoms with Crippen molar-refractivity contribution in [3.63, 3.8) is 0 Å². The van der Waals surface area contributed by atoms with Gasteiger partial charge in [-0.25, -0.2) is 0 Å². The van der Waals surface area contributed by atoms with E-state index in [0.29, 0.717) is 6.42 Å². The van der Waals surface area contributed by atoms with Gasteiger partial charge < -0.3 is 37.6 Å². The van der Waals surface area contributed by atoms with E-state index in [2.05, 4.69) is 21.7 Å². The second-order valence-electron chi connectivity index (χ2n) is 13.7. The molecule has 1 unspecified atom stereocenters. The molecule has 3 rings (SSSR count). The van der Waals surface area contributed by atoms with E-state index in [1.807, 2.05) is 77.0 Å². The molecule has 8 N–H and O–H groups in total. The highest BCUT2D eigenvalue weighted by molar-refractivity contribution is 6.03. The number of rotatable bonds is 16. The number of amides is 4. The maximum Gasteiger partial charge on any atom is 0.243 e. The van der Waals surface area contributed by atoms with E-state index in [4.69, 9.17) is 17.2 Å². The number of nitrogens with zero attached hydrogens (tertiary/aromatic N) is 3. The molecule has 48 heavy (non-hydrogen) atoms. The third-order valence-electron chi connectivity index (χ3n) is 9.11. The van der Waals surface area contributed by atoms with Crippen molar-refractivity contribution in [3.05, 3.63) is 42.0 Å². The maximum absolute atomic E-state index is 14.4. The zero-order valence-corrected chi connectivity index (χ0v) is 29.5. The molecule has 1 aliphatic carbocycles. The summed E-state index contributed by atoms with van der Waals surface area (Å²) in [5, 5.41) is 7.87. The number of guanidine groups is 1. The highest BCUT2D eigenvalue weighted by Crippen LogP contribution is 2.30. The Morgan fingerprint density at radius 2 is 1.54 bits per heavy atom. The van der Waals surface area contributed by atoms with E-state index >= 15 is 0 Å². The summed E-state index contributed by atoms with van der Waals surface area (Å²) in [6.45, 7) is 8.01. The van der Waals surface area contributed by atoms with Gasteiger partial charge in [-0.2, -0.15) is 0 Å². The molecule has 4 amide bonds. The maximum atomic E-state index is 14.4. The first-order valence-electron chi connectivity index (χ1n) is 17.2. The lowest BCUT2D eigenvalue weighted by Crippen LogP contribution is -2.58. The Balaban J connectivity index is 1.98. The number of anilines is 1. The first-order valence-corrected chi connectivity index (χ1v) is 17.2. The molecule has 0 bridgehead atoms. The number of aliphatic imine (C=N–C) groups is 1. The van der Waals surface area contributed by atoms with E-state index in [9.17, 15) is 19.2 Å². The normalized spacial score (nSPS) is 15.4. The summed E-state index contributed by atoms with van der Waals surface area (Å²) >= 11 is 0. The summed E-state index contributed by atoms with van der Waals surface area (Å²) in [5.74, 6) is -3.29. The van der Waals surface area contributed by atoms with Crippen LogP contribution in [-0.4, -0.2) is 79.3 Å². The zero-order valence-electron chi connectivity index (χ0n) is 29.5. The van der Waals surface area contributed by atoms with Crippen molar-refractivity contribution < 1.29 is 19.2 Å². The van der Waals surface area contributed by atoms with Gasteiger partial charge >= 0.3 is 0 Å². The van der Waals surface area contributed by atoms with Crippen LogP contribution in [0.5, 0.6) is 0 Å².